The predicted molar refractivity (Wildman–Crippen MR) is 75.6 cm³/mol. The Morgan fingerprint density at radius 3 is 2.68 bits per heavy atom. The molecule has 0 amide bonds. The third-order valence-corrected chi connectivity index (χ3v) is 4.32. The highest BCUT2D eigenvalue weighted by atomic mass is 16.5. The summed E-state index contributed by atoms with van der Waals surface area (Å²) in [7, 11) is 0. The zero-order chi connectivity index (χ0) is 13.7. The first kappa shape index (κ1) is 14.5. The van der Waals surface area contributed by atoms with E-state index in [4.69, 9.17) is 10.3 Å². The Kier molecular flexibility index (Phi) is 4.97. The second-order valence-corrected chi connectivity index (χ2v) is 6.16. The number of rotatable bonds is 6. The summed E-state index contributed by atoms with van der Waals surface area (Å²) >= 11 is 0. The fourth-order valence-electron chi connectivity index (χ4n) is 2.76. The number of aryl methyl sites for hydroxylation is 1. The Morgan fingerprint density at radius 2 is 2.00 bits per heavy atom. The second kappa shape index (κ2) is 6.51. The molecule has 2 rings (SSSR count). The second-order valence-electron chi connectivity index (χ2n) is 6.16. The minimum atomic E-state index is -0.350. The van der Waals surface area contributed by atoms with Crippen LogP contribution in [-0.4, -0.2) is 10.1 Å². The fraction of sp³-hybridized carbons (Fsp3) is 0.867. The molecule has 19 heavy (non-hydrogen) atoms. The zero-order valence-electron chi connectivity index (χ0n) is 12.3. The van der Waals surface area contributed by atoms with Crippen LogP contribution in [0.5, 0.6) is 0 Å². The number of hydrogen-bond acceptors (Lipinski definition) is 4. The highest BCUT2D eigenvalue weighted by Gasteiger charge is 2.36. The Labute approximate surface area is 116 Å². The van der Waals surface area contributed by atoms with Gasteiger partial charge in [0.2, 0.25) is 5.89 Å². The molecule has 1 aromatic rings. The van der Waals surface area contributed by atoms with Crippen LogP contribution in [0.4, 0.5) is 0 Å². The molecule has 4 nitrogen and oxygen atoms in total. The van der Waals surface area contributed by atoms with Gasteiger partial charge in [-0.1, -0.05) is 38.3 Å². The van der Waals surface area contributed by atoms with Crippen LogP contribution in [0.3, 0.4) is 0 Å². The van der Waals surface area contributed by atoms with Gasteiger partial charge in [-0.05, 0) is 38.0 Å². The quantitative estimate of drug-likeness (QED) is 0.799. The van der Waals surface area contributed by atoms with Crippen LogP contribution in [0.2, 0.25) is 0 Å². The van der Waals surface area contributed by atoms with Gasteiger partial charge in [0.25, 0.3) is 0 Å². The molecule has 2 N–H and O–H groups in total. The summed E-state index contributed by atoms with van der Waals surface area (Å²) in [5.41, 5.74) is 6.10. The van der Waals surface area contributed by atoms with Gasteiger partial charge in [0.15, 0.2) is 5.82 Å². The summed E-state index contributed by atoms with van der Waals surface area (Å²) in [6, 6.07) is 0. The van der Waals surface area contributed by atoms with Gasteiger partial charge in [0.1, 0.15) is 0 Å². The lowest BCUT2D eigenvalue weighted by Gasteiger charge is -2.33. The van der Waals surface area contributed by atoms with Crippen molar-refractivity contribution >= 4 is 0 Å². The predicted octanol–water partition coefficient (Wildman–Crippen LogP) is 3.56. The van der Waals surface area contributed by atoms with Crippen molar-refractivity contribution in [3.8, 4) is 0 Å². The molecule has 1 fully saturated rings. The van der Waals surface area contributed by atoms with E-state index in [1.54, 1.807) is 0 Å². The fourth-order valence-corrected chi connectivity index (χ4v) is 2.76. The van der Waals surface area contributed by atoms with E-state index < -0.39 is 0 Å². The maximum absolute atomic E-state index is 6.45. The molecule has 0 bridgehead atoms. The third kappa shape index (κ3) is 3.78. The van der Waals surface area contributed by atoms with Crippen LogP contribution < -0.4 is 5.73 Å². The molecular formula is C15H27N3O. The summed E-state index contributed by atoms with van der Waals surface area (Å²) in [6.45, 7) is 4.50. The van der Waals surface area contributed by atoms with Gasteiger partial charge in [0, 0.05) is 6.42 Å². The van der Waals surface area contributed by atoms with Gasteiger partial charge < -0.3 is 10.3 Å². The van der Waals surface area contributed by atoms with Crippen molar-refractivity contribution in [3.63, 3.8) is 0 Å². The normalized spacial score (nSPS) is 27.6. The van der Waals surface area contributed by atoms with Gasteiger partial charge in [-0.3, -0.25) is 0 Å². The van der Waals surface area contributed by atoms with E-state index in [0.717, 1.165) is 56.2 Å². The first-order valence-electron chi connectivity index (χ1n) is 7.76. The first-order chi connectivity index (χ1) is 9.14. The van der Waals surface area contributed by atoms with E-state index in [9.17, 15) is 0 Å². The van der Waals surface area contributed by atoms with Crippen LogP contribution in [0.15, 0.2) is 4.52 Å². The van der Waals surface area contributed by atoms with E-state index in [-0.39, 0.29) is 5.54 Å². The van der Waals surface area contributed by atoms with Crippen LogP contribution in [0.1, 0.15) is 76.9 Å². The molecule has 0 aliphatic heterocycles. The summed E-state index contributed by atoms with van der Waals surface area (Å²) in [6.07, 6.45) is 10.1. The summed E-state index contributed by atoms with van der Waals surface area (Å²) in [5.74, 6) is 2.26. The minimum absolute atomic E-state index is 0.350. The van der Waals surface area contributed by atoms with Crippen molar-refractivity contribution in [1.82, 2.24) is 10.1 Å². The maximum atomic E-state index is 6.45. The highest BCUT2D eigenvalue weighted by Crippen LogP contribution is 2.35. The summed E-state index contributed by atoms with van der Waals surface area (Å²) in [5, 5.41) is 4.12. The van der Waals surface area contributed by atoms with E-state index in [1.165, 1.54) is 19.3 Å². The molecule has 1 aliphatic carbocycles. The molecule has 0 aromatic carbocycles. The van der Waals surface area contributed by atoms with Crippen molar-refractivity contribution in [3.05, 3.63) is 11.7 Å². The van der Waals surface area contributed by atoms with Crippen LogP contribution >= 0.6 is 0 Å². The topological polar surface area (TPSA) is 64.9 Å². The summed E-state index contributed by atoms with van der Waals surface area (Å²) < 4.78 is 5.35. The Balaban J connectivity index is 1.89. The molecule has 0 radical (unpaired) electrons. The lowest BCUT2D eigenvalue weighted by Crippen LogP contribution is -2.41. The van der Waals surface area contributed by atoms with E-state index in [2.05, 4.69) is 24.0 Å². The maximum Gasteiger partial charge on any atom is 0.226 e. The SMILES string of the molecule is CCCCCCc1nc(C2(N)CCC(C)CC2)no1. The Hall–Kier alpha value is -0.900. The average molecular weight is 265 g/mol. The first-order valence-corrected chi connectivity index (χ1v) is 7.76. The molecule has 1 saturated carbocycles. The standard InChI is InChI=1S/C15H27N3O/c1-3-4-5-6-7-13-17-14(18-19-13)15(16)10-8-12(2)9-11-15/h12H,3-11,16H2,1-2H3. The van der Waals surface area contributed by atoms with Crippen LogP contribution in [-0.2, 0) is 12.0 Å². The number of nitrogens with two attached hydrogens (primary N) is 1. The zero-order valence-corrected chi connectivity index (χ0v) is 12.3. The lowest BCUT2D eigenvalue weighted by molar-refractivity contribution is 0.230. The van der Waals surface area contributed by atoms with Crippen molar-refractivity contribution in [2.45, 2.75) is 77.2 Å². The molecular weight excluding hydrogens is 238 g/mol. The van der Waals surface area contributed by atoms with Gasteiger partial charge in [0.05, 0.1) is 5.54 Å². The molecule has 0 atom stereocenters. The minimum Gasteiger partial charge on any atom is -0.339 e. The molecule has 1 heterocycles. The third-order valence-electron chi connectivity index (χ3n) is 4.32. The number of unbranched alkanes of at least 4 members (excludes halogenated alkanes) is 3. The van der Waals surface area contributed by atoms with Crippen molar-refractivity contribution < 1.29 is 4.52 Å². The van der Waals surface area contributed by atoms with Crippen molar-refractivity contribution in [2.75, 3.05) is 0 Å². The molecule has 1 aliphatic rings. The number of aromatic nitrogens is 2. The van der Waals surface area contributed by atoms with Gasteiger partial charge in [-0.2, -0.15) is 4.98 Å². The lowest BCUT2D eigenvalue weighted by atomic mass is 9.77. The van der Waals surface area contributed by atoms with Crippen LogP contribution in [0, 0.1) is 5.92 Å². The van der Waals surface area contributed by atoms with Crippen LogP contribution in [0.25, 0.3) is 0 Å². The van der Waals surface area contributed by atoms with Gasteiger partial charge in [-0.15, -0.1) is 0 Å². The smallest absolute Gasteiger partial charge is 0.226 e. The van der Waals surface area contributed by atoms with E-state index in [0.29, 0.717) is 0 Å². The van der Waals surface area contributed by atoms with Gasteiger partial charge >= 0.3 is 0 Å². The molecule has 4 heteroatoms. The molecule has 0 saturated heterocycles. The number of nitrogens with zero attached hydrogens (tertiary/aromatic N) is 2. The Bertz CT molecular complexity index is 380. The molecule has 0 unspecified atom stereocenters. The van der Waals surface area contributed by atoms with Gasteiger partial charge in [-0.25, -0.2) is 0 Å². The average Bonchev–Trinajstić information content (AvgIpc) is 2.88. The van der Waals surface area contributed by atoms with E-state index >= 15 is 0 Å². The van der Waals surface area contributed by atoms with Crippen molar-refractivity contribution in [1.29, 1.82) is 0 Å². The Morgan fingerprint density at radius 1 is 1.26 bits per heavy atom. The number of hydrogen-bond donors (Lipinski definition) is 1. The monoisotopic (exact) mass is 265 g/mol. The molecule has 1 aromatic heterocycles. The largest absolute Gasteiger partial charge is 0.339 e. The van der Waals surface area contributed by atoms with E-state index in [1.807, 2.05) is 0 Å². The highest BCUT2D eigenvalue weighted by molar-refractivity contribution is 5.05. The molecule has 0 spiro atoms. The summed E-state index contributed by atoms with van der Waals surface area (Å²) in [4.78, 5) is 4.53. The molecule has 108 valence electrons. The van der Waals surface area contributed by atoms with Crippen molar-refractivity contribution in [2.24, 2.45) is 11.7 Å².